The van der Waals surface area contributed by atoms with E-state index >= 15 is 0 Å². The van der Waals surface area contributed by atoms with E-state index in [4.69, 9.17) is 0 Å². The molecule has 104 valence electrons. The lowest BCUT2D eigenvalue weighted by Gasteiger charge is -2.54. The van der Waals surface area contributed by atoms with Crippen LogP contribution in [0.15, 0.2) is 72.8 Å². The number of allylic oxidation sites excluding steroid dienone is 2. The molecule has 0 aliphatic heterocycles. The standard InChI is InChI=1S/C21H20/c1-19(2)20(15-9-5-3-6-10-15)17-13-14-18(17)21(19,20)16-11-7-4-8-12-16/h3-14,17-18H,1-2H3/t17-,18+,20-,21-/m0/s1. The Balaban J connectivity index is 1.78. The van der Waals surface area contributed by atoms with Crippen LogP contribution in [0.25, 0.3) is 0 Å². The van der Waals surface area contributed by atoms with E-state index in [1.165, 1.54) is 11.1 Å². The van der Waals surface area contributed by atoms with Crippen LogP contribution in [0.3, 0.4) is 0 Å². The van der Waals surface area contributed by atoms with Crippen LogP contribution in [0.1, 0.15) is 25.0 Å². The quantitative estimate of drug-likeness (QED) is 0.694. The van der Waals surface area contributed by atoms with E-state index in [0.717, 1.165) is 11.8 Å². The average molecular weight is 272 g/mol. The molecule has 2 aromatic rings. The zero-order valence-corrected chi connectivity index (χ0v) is 12.6. The third kappa shape index (κ3) is 0.914. The van der Waals surface area contributed by atoms with Crippen LogP contribution in [-0.2, 0) is 10.8 Å². The van der Waals surface area contributed by atoms with Gasteiger partial charge in [0.15, 0.2) is 0 Å². The number of rotatable bonds is 2. The molecule has 0 spiro atoms. The van der Waals surface area contributed by atoms with Gasteiger partial charge in [-0.15, -0.1) is 0 Å². The van der Waals surface area contributed by atoms with Gasteiger partial charge in [0, 0.05) is 10.8 Å². The zero-order valence-electron chi connectivity index (χ0n) is 12.6. The summed E-state index contributed by atoms with van der Waals surface area (Å²) in [7, 11) is 0. The predicted molar refractivity (Wildman–Crippen MR) is 86.1 cm³/mol. The third-order valence-electron chi connectivity index (χ3n) is 6.90. The van der Waals surface area contributed by atoms with Crippen molar-refractivity contribution in [2.45, 2.75) is 24.7 Å². The summed E-state index contributed by atoms with van der Waals surface area (Å²) in [5, 5.41) is 0. The molecule has 0 radical (unpaired) electrons. The zero-order chi connectivity index (χ0) is 14.3. The summed E-state index contributed by atoms with van der Waals surface area (Å²) in [4.78, 5) is 0. The lowest BCUT2D eigenvalue weighted by Crippen LogP contribution is -2.54. The largest absolute Gasteiger partial charge is 0.0835 e. The van der Waals surface area contributed by atoms with Crippen LogP contribution in [0, 0.1) is 17.3 Å². The van der Waals surface area contributed by atoms with E-state index in [2.05, 4.69) is 86.7 Å². The minimum Gasteiger partial charge on any atom is -0.0835 e. The highest BCUT2D eigenvalue weighted by atomic mass is 15.0. The first kappa shape index (κ1) is 11.8. The summed E-state index contributed by atoms with van der Waals surface area (Å²) < 4.78 is 0. The first-order chi connectivity index (χ1) is 10.2. The topological polar surface area (TPSA) is 0 Å². The van der Waals surface area contributed by atoms with E-state index in [1.807, 2.05) is 0 Å². The molecule has 0 amide bonds. The van der Waals surface area contributed by atoms with Gasteiger partial charge in [0.05, 0.1) is 0 Å². The van der Waals surface area contributed by atoms with Gasteiger partial charge in [0.25, 0.3) is 0 Å². The molecule has 0 heteroatoms. The van der Waals surface area contributed by atoms with E-state index in [1.54, 1.807) is 0 Å². The number of hydrogen-bond acceptors (Lipinski definition) is 0. The molecule has 0 heterocycles. The molecule has 4 atom stereocenters. The smallest absolute Gasteiger partial charge is 0.0190 e. The second-order valence-electron chi connectivity index (χ2n) is 7.41. The molecule has 3 aliphatic rings. The Morgan fingerprint density at radius 1 is 0.619 bits per heavy atom. The van der Waals surface area contributed by atoms with Gasteiger partial charge in [-0.3, -0.25) is 0 Å². The van der Waals surface area contributed by atoms with Crippen molar-refractivity contribution >= 4 is 0 Å². The van der Waals surface area contributed by atoms with Crippen LogP contribution in [0.4, 0.5) is 0 Å². The Morgan fingerprint density at radius 3 is 1.33 bits per heavy atom. The lowest BCUT2D eigenvalue weighted by atomic mass is 9.48. The molecule has 21 heavy (non-hydrogen) atoms. The molecule has 0 saturated heterocycles. The molecule has 2 aromatic carbocycles. The number of hydrogen-bond donors (Lipinski definition) is 0. The molecular formula is C21H20. The Bertz CT molecular complexity index is 677. The second kappa shape index (κ2) is 3.32. The van der Waals surface area contributed by atoms with Gasteiger partial charge in [-0.25, -0.2) is 0 Å². The minimum atomic E-state index is 0.308. The minimum absolute atomic E-state index is 0.308. The molecule has 2 fully saturated rings. The van der Waals surface area contributed by atoms with Crippen molar-refractivity contribution in [1.82, 2.24) is 0 Å². The van der Waals surface area contributed by atoms with Gasteiger partial charge >= 0.3 is 0 Å². The van der Waals surface area contributed by atoms with Crippen LogP contribution in [0.5, 0.6) is 0 Å². The van der Waals surface area contributed by atoms with Crippen LogP contribution >= 0.6 is 0 Å². The summed E-state index contributed by atoms with van der Waals surface area (Å²) in [6, 6.07) is 22.4. The normalized spacial score (nSPS) is 40.5. The number of benzene rings is 2. The summed E-state index contributed by atoms with van der Waals surface area (Å²) in [6.07, 6.45) is 4.90. The van der Waals surface area contributed by atoms with Crippen molar-refractivity contribution in [2.75, 3.05) is 0 Å². The monoisotopic (exact) mass is 272 g/mol. The SMILES string of the molecule is CC1(C)[C@]2(c3ccccc3)[C@@H]3C=C[C@@H]3[C@@]12c1ccccc1. The average Bonchev–Trinajstić information content (AvgIpc) is 2.88. The fraction of sp³-hybridized carbons (Fsp3) is 0.333. The lowest BCUT2D eigenvalue weighted by molar-refractivity contribution is 0.143. The summed E-state index contributed by atoms with van der Waals surface area (Å²) >= 11 is 0. The van der Waals surface area contributed by atoms with Crippen LogP contribution < -0.4 is 0 Å². The van der Waals surface area contributed by atoms with Crippen LogP contribution in [-0.4, -0.2) is 0 Å². The maximum atomic E-state index is 2.48. The summed E-state index contributed by atoms with van der Waals surface area (Å²) in [5.41, 5.74) is 4.00. The number of fused-ring (bicyclic) bond motifs is 4. The van der Waals surface area contributed by atoms with Gasteiger partial charge in [0.2, 0.25) is 0 Å². The van der Waals surface area contributed by atoms with Crippen molar-refractivity contribution in [3.05, 3.63) is 83.9 Å². The maximum Gasteiger partial charge on any atom is 0.0190 e. The Kier molecular flexibility index (Phi) is 1.87. The molecule has 2 saturated carbocycles. The third-order valence-corrected chi connectivity index (χ3v) is 6.90. The highest BCUT2D eigenvalue weighted by Crippen LogP contribution is 2.94. The maximum absolute atomic E-state index is 2.48. The second-order valence-corrected chi connectivity index (χ2v) is 7.41. The first-order valence-corrected chi connectivity index (χ1v) is 7.98. The van der Waals surface area contributed by atoms with Crippen molar-refractivity contribution < 1.29 is 0 Å². The molecule has 0 N–H and O–H groups in total. The van der Waals surface area contributed by atoms with Gasteiger partial charge in [-0.2, -0.15) is 0 Å². The predicted octanol–water partition coefficient (Wildman–Crippen LogP) is 4.72. The molecule has 0 bridgehead atoms. The van der Waals surface area contributed by atoms with E-state index in [9.17, 15) is 0 Å². The first-order valence-electron chi connectivity index (χ1n) is 7.98. The Morgan fingerprint density at radius 2 is 1.00 bits per heavy atom. The molecule has 5 rings (SSSR count). The van der Waals surface area contributed by atoms with Crippen LogP contribution in [0.2, 0.25) is 0 Å². The fourth-order valence-electron chi connectivity index (χ4n) is 6.33. The van der Waals surface area contributed by atoms with E-state index in [0.29, 0.717) is 16.2 Å². The summed E-state index contributed by atoms with van der Waals surface area (Å²) in [6.45, 7) is 4.96. The van der Waals surface area contributed by atoms with Gasteiger partial charge in [0.1, 0.15) is 0 Å². The highest BCUT2D eigenvalue weighted by Gasteiger charge is 2.95. The Hall–Kier alpha value is -1.82. The van der Waals surface area contributed by atoms with Crippen molar-refractivity contribution in [3.8, 4) is 0 Å². The molecule has 0 aromatic heterocycles. The van der Waals surface area contributed by atoms with Gasteiger partial charge < -0.3 is 0 Å². The highest BCUT2D eigenvalue weighted by molar-refractivity contribution is 5.68. The van der Waals surface area contributed by atoms with Crippen molar-refractivity contribution in [2.24, 2.45) is 17.3 Å². The van der Waals surface area contributed by atoms with E-state index in [-0.39, 0.29) is 0 Å². The van der Waals surface area contributed by atoms with Crippen molar-refractivity contribution in [1.29, 1.82) is 0 Å². The fourth-order valence-corrected chi connectivity index (χ4v) is 6.33. The summed E-state index contributed by atoms with van der Waals surface area (Å²) in [5.74, 6) is 1.46. The molecule has 3 aliphatic carbocycles. The van der Waals surface area contributed by atoms with Gasteiger partial charge in [-0.05, 0) is 28.4 Å². The van der Waals surface area contributed by atoms with E-state index < -0.39 is 0 Å². The molecular weight excluding hydrogens is 252 g/mol. The molecule has 0 nitrogen and oxygen atoms in total. The Labute approximate surface area is 126 Å². The van der Waals surface area contributed by atoms with Crippen molar-refractivity contribution in [3.63, 3.8) is 0 Å². The molecule has 0 unspecified atom stereocenters. The van der Waals surface area contributed by atoms with Gasteiger partial charge in [-0.1, -0.05) is 86.7 Å².